The molecule has 1 heteroatoms. The zero-order valence-electron chi connectivity index (χ0n) is 10.5. The Morgan fingerprint density at radius 3 is 1.23 bits per heavy atom. The van der Waals surface area contributed by atoms with Crippen molar-refractivity contribution >= 4 is 6.72 Å². The van der Waals surface area contributed by atoms with Gasteiger partial charge in [0.2, 0.25) is 0 Å². The summed E-state index contributed by atoms with van der Waals surface area (Å²) in [5, 5.41) is 0. The van der Waals surface area contributed by atoms with Gasteiger partial charge in [0.05, 0.1) is 0 Å². The van der Waals surface area contributed by atoms with E-state index in [9.17, 15) is 0 Å². The summed E-state index contributed by atoms with van der Waals surface area (Å²) in [6.45, 7) is 20.6. The van der Waals surface area contributed by atoms with Crippen LogP contribution in [0.3, 0.4) is 0 Å². The van der Waals surface area contributed by atoms with Crippen molar-refractivity contribution < 1.29 is 0 Å². The first-order valence-corrected chi connectivity index (χ1v) is 4.85. The second-order valence-corrected chi connectivity index (χ2v) is 1.73. The monoisotopic (exact) mass is 185 g/mol. The minimum atomic E-state index is 1.38. The number of rotatable bonds is 1. The fourth-order valence-corrected chi connectivity index (χ4v) is 0. The molecule has 0 aromatic rings. The molecule has 0 aliphatic carbocycles. The molecule has 0 aromatic heterocycles. The van der Waals surface area contributed by atoms with Crippen molar-refractivity contribution in [1.82, 2.24) is 0 Å². The van der Waals surface area contributed by atoms with Gasteiger partial charge in [0.25, 0.3) is 0 Å². The van der Waals surface area contributed by atoms with Crippen molar-refractivity contribution in [2.75, 3.05) is 0 Å². The second-order valence-electron chi connectivity index (χ2n) is 1.73. The van der Waals surface area contributed by atoms with Gasteiger partial charge < -0.3 is 0 Å². The molecule has 0 aliphatic rings. The van der Waals surface area contributed by atoms with E-state index in [1.54, 1.807) is 0 Å². The SMILES string of the molecule is C=CN=C.CC.CC.CC=C(C)C. The Morgan fingerprint density at radius 1 is 1.08 bits per heavy atom. The molecule has 0 rings (SSSR count). The molecule has 0 aliphatic heterocycles. The molecule has 0 saturated heterocycles. The van der Waals surface area contributed by atoms with E-state index in [1.807, 2.05) is 34.6 Å². The lowest BCUT2D eigenvalue weighted by atomic mass is 10.3. The highest BCUT2D eigenvalue weighted by Gasteiger charge is 1.60. The molecule has 13 heavy (non-hydrogen) atoms. The van der Waals surface area contributed by atoms with Crippen molar-refractivity contribution in [1.29, 1.82) is 0 Å². The van der Waals surface area contributed by atoms with Gasteiger partial charge in [-0.15, -0.1) is 0 Å². The normalized spacial score (nSPS) is 5.15. The van der Waals surface area contributed by atoms with Gasteiger partial charge in [0, 0.05) is 6.20 Å². The highest BCUT2D eigenvalue weighted by molar-refractivity contribution is 5.24. The van der Waals surface area contributed by atoms with Gasteiger partial charge in [0.1, 0.15) is 0 Å². The molecule has 1 nitrogen and oxygen atoms in total. The topological polar surface area (TPSA) is 12.4 Å². The van der Waals surface area contributed by atoms with Crippen LogP contribution in [0.5, 0.6) is 0 Å². The molecule has 0 radical (unpaired) electrons. The van der Waals surface area contributed by atoms with E-state index in [4.69, 9.17) is 0 Å². The van der Waals surface area contributed by atoms with Crippen LogP contribution in [-0.4, -0.2) is 6.72 Å². The summed E-state index contributed by atoms with van der Waals surface area (Å²) < 4.78 is 0. The molecular weight excluding hydrogens is 158 g/mol. The van der Waals surface area contributed by atoms with Crippen LogP contribution in [0, 0.1) is 0 Å². The Kier molecular flexibility index (Phi) is 75.8. The fourth-order valence-electron chi connectivity index (χ4n) is 0. The maximum atomic E-state index is 3.25. The number of nitrogens with zero attached hydrogens (tertiary/aromatic N) is 1. The summed E-state index contributed by atoms with van der Waals surface area (Å²) in [6.07, 6.45) is 3.47. The summed E-state index contributed by atoms with van der Waals surface area (Å²) in [5.74, 6) is 0. The zero-order valence-corrected chi connectivity index (χ0v) is 10.5. The minimum absolute atomic E-state index is 1.38. The molecule has 80 valence electrons. The summed E-state index contributed by atoms with van der Waals surface area (Å²) >= 11 is 0. The summed E-state index contributed by atoms with van der Waals surface area (Å²) in [5.41, 5.74) is 1.38. The first-order chi connectivity index (χ1) is 6.18. The number of hydrogen-bond acceptors (Lipinski definition) is 1. The van der Waals surface area contributed by atoms with Crippen LogP contribution in [0.2, 0.25) is 0 Å². The van der Waals surface area contributed by atoms with Crippen LogP contribution >= 0.6 is 0 Å². The molecule has 0 spiro atoms. The molecule has 0 heterocycles. The van der Waals surface area contributed by atoms with E-state index in [2.05, 4.69) is 38.2 Å². The average molecular weight is 185 g/mol. The van der Waals surface area contributed by atoms with Crippen LogP contribution in [0.4, 0.5) is 0 Å². The Labute approximate surface area is 85.3 Å². The van der Waals surface area contributed by atoms with Gasteiger partial charge in [-0.1, -0.05) is 45.9 Å². The third-order valence-electron chi connectivity index (χ3n) is 0.706. The molecule has 0 amide bonds. The molecular formula is C12H27N. The van der Waals surface area contributed by atoms with Crippen LogP contribution in [0.1, 0.15) is 48.5 Å². The number of aliphatic imine (C=N–C) groups is 1. The Hall–Kier alpha value is -0.850. The van der Waals surface area contributed by atoms with E-state index < -0.39 is 0 Å². The molecule has 0 saturated carbocycles. The predicted octanol–water partition coefficient (Wildman–Crippen LogP) is 4.86. The largest absolute Gasteiger partial charge is 0.273 e. The molecule has 0 bridgehead atoms. The van der Waals surface area contributed by atoms with Gasteiger partial charge in [-0.3, -0.25) is 4.99 Å². The second kappa shape index (κ2) is 43.3. The van der Waals surface area contributed by atoms with Crippen LogP contribution in [0.25, 0.3) is 0 Å². The quantitative estimate of drug-likeness (QED) is 0.409. The predicted molar refractivity (Wildman–Crippen MR) is 67.5 cm³/mol. The lowest BCUT2D eigenvalue weighted by molar-refractivity contribution is 1.36. The zero-order chi connectivity index (χ0) is 11.7. The van der Waals surface area contributed by atoms with Crippen molar-refractivity contribution in [3.8, 4) is 0 Å². The van der Waals surface area contributed by atoms with Gasteiger partial charge in [-0.25, -0.2) is 0 Å². The lowest BCUT2D eigenvalue weighted by Crippen LogP contribution is -1.52. The van der Waals surface area contributed by atoms with Gasteiger partial charge >= 0.3 is 0 Å². The highest BCUT2D eigenvalue weighted by atomic mass is 14.6. The molecule has 0 unspecified atom stereocenters. The minimum Gasteiger partial charge on any atom is -0.273 e. The summed E-state index contributed by atoms with van der Waals surface area (Å²) in [4.78, 5) is 3.25. The Balaban J connectivity index is -0.0000000457. The van der Waals surface area contributed by atoms with E-state index in [1.165, 1.54) is 11.8 Å². The fraction of sp³-hybridized carbons (Fsp3) is 0.583. The van der Waals surface area contributed by atoms with Crippen molar-refractivity contribution in [2.24, 2.45) is 4.99 Å². The van der Waals surface area contributed by atoms with E-state index in [0.29, 0.717) is 0 Å². The van der Waals surface area contributed by atoms with E-state index in [0.717, 1.165) is 0 Å². The van der Waals surface area contributed by atoms with Crippen molar-refractivity contribution in [2.45, 2.75) is 48.5 Å². The first-order valence-electron chi connectivity index (χ1n) is 4.85. The Bertz CT molecular complexity index is 91.7. The highest BCUT2D eigenvalue weighted by Crippen LogP contribution is 1.82. The number of hydrogen-bond donors (Lipinski definition) is 0. The van der Waals surface area contributed by atoms with E-state index >= 15 is 0 Å². The molecule has 0 fully saturated rings. The Morgan fingerprint density at radius 2 is 1.23 bits per heavy atom. The maximum absolute atomic E-state index is 3.25. The lowest BCUT2D eigenvalue weighted by Gasteiger charge is -1.74. The van der Waals surface area contributed by atoms with Crippen LogP contribution < -0.4 is 0 Å². The van der Waals surface area contributed by atoms with Crippen molar-refractivity contribution in [3.05, 3.63) is 24.4 Å². The van der Waals surface area contributed by atoms with E-state index in [-0.39, 0.29) is 0 Å². The van der Waals surface area contributed by atoms with Gasteiger partial charge in [-0.05, 0) is 27.5 Å². The molecule has 0 atom stereocenters. The smallest absolute Gasteiger partial charge is 0.0188 e. The molecule has 0 aromatic carbocycles. The van der Waals surface area contributed by atoms with Gasteiger partial charge in [0.15, 0.2) is 0 Å². The van der Waals surface area contributed by atoms with Gasteiger partial charge in [-0.2, -0.15) is 0 Å². The maximum Gasteiger partial charge on any atom is 0.0188 e. The third kappa shape index (κ3) is 202. The number of allylic oxidation sites excluding steroid dienone is 2. The van der Waals surface area contributed by atoms with Crippen LogP contribution in [0.15, 0.2) is 29.4 Å². The standard InChI is InChI=1S/C5H10.C3H5N.2C2H6/c1-4-5(2)3;1-3-4-2;2*1-2/h4H,1-3H3;3H,1-2H2;2*1-2H3. The van der Waals surface area contributed by atoms with Crippen LogP contribution in [-0.2, 0) is 0 Å². The first kappa shape index (κ1) is 22.7. The average Bonchev–Trinajstić information content (AvgIpc) is 2.24. The molecule has 0 N–H and O–H groups in total. The van der Waals surface area contributed by atoms with Crippen molar-refractivity contribution in [3.63, 3.8) is 0 Å². The summed E-state index contributed by atoms with van der Waals surface area (Å²) in [6, 6.07) is 0. The summed E-state index contributed by atoms with van der Waals surface area (Å²) in [7, 11) is 0. The third-order valence-corrected chi connectivity index (χ3v) is 0.706.